The number of aryl methyl sites for hydroxylation is 2. The van der Waals surface area contributed by atoms with Crippen LogP contribution in [-0.4, -0.2) is 5.16 Å². The molecule has 0 bridgehead atoms. The molecule has 0 saturated heterocycles. The minimum atomic E-state index is 0.414. The van der Waals surface area contributed by atoms with Gasteiger partial charge in [-0.3, -0.25) is 0 Å². The minimum absolute atomic E-state index is 0.414. The molecular weight excluding hydrogens is 224 g/mol. The van der Waals surface area contributed by atoms with Gasteiger partial charge in [-0.15, -0.1) is 0 Å². The average molecular weight is 244 g/mol. The zero-order valence-electron chi connectivity index (χ0n) is 11.4. The Bertz CT molecular complexity index is 556. The summed E-state index contributed by atoms with van der Waals surface area (Å²) < 4.78 is 5.16. The lowest BCUT2D eigenvalue weighted by Gasteiger charge is -2.08. The highest BCUT2D eigenvalue weighted by molar-refractivity contribution is 5.77. The lowest BCUT2D eigenvalue weighted by Crippen LogP contribution is -1.98. The van der Waals surface area contributed by atoms with Crippen LogP contribution < -0.4 is 5.73 Å². The second-order valence-corrected chi connectivity index (χ2v) is 5.28. The summed E-state index contributed by atoms with van der Waals surface area (Å²) in [5, 5.41) is 4.10. The third-order valence-electron chi connectivity index (χ3n) is 3.04. The first-order chi connectivity index (χ1) is 8.49. The van der Waals surface area contributed by atoms with Crippen molar-refractivity contribution < 1.29 is 4.52 Å². The number of benzene rings is 1. The van der Waals surface area contributed by atoms with Crippen LogP contribution in [-0.2, 0) is 6.42 Å². The van der Waals surface area contributed by atoms with E-state index in [0.717, 1.165) is 23.2 Å². The smallest absolute Gasteiger partial charge is 0.230 e. The normalized spacial score (nSPS) is 11.2. The maximum atomic E-state index is 5.93. The van der Waals surface area contributed by atoms with E-state index in [0.29, 0.717) is 11.8 Å². The first-order valence-corrected chi connectivity index (χ1v) is 6.30. The van der Waals surface area contributed by atoms with Crippen molar-refractivity contribution in [2.24, 2.45) is 5.92 Å². The van der Waals surface area contributed by atoms with Crippen molar-refractivity contribution in [3.05, 3.63) is 35.0 Å². The van der Waals surface area contributed by atoms with E-state index in [2.05, 4.69) is 51.1 Å². The van der Waals surface area contributed by atoms with Crippen molar-refractivity contribution in [1.82, 2.24) is 5.16 Å². The average Bonchev–Trinajstić information content (AvgIpc) is 2.60. The Hall–Kier alpha value is -1.77. The molecule has 3 heteroatoms. The van der Waals surface area contributed by atoms with E-state index in [4.69, 9.17) is 10.3 Å². The first-order valence-electron chi connectivity index (χ1n) is 6.30. The molecule has 0 aliphatic rings. The fraction of sp³-hybridized carbons (Fsp3) is 0.400. The summed E-state index contributed by atoms with van der Waals surface area (Å²) in [4.78, 5) is 0. The van der Waals surface area contributed by atoms with Crippen molar-refractivity contribution in [3.63, 3.8) is 0 Å². The molecule has 1 aromatic carbocycles. The van der Waals surface area contributed by atoms with E-state index < -0.39 is 0 Å². The highest BCUT2D eigenvalue weighted by Crippen LogP contribution is 2.33. The molecule has 0 unspecified atom stereocenters. The van der Waals surface area contributed by atoms with Crippen LogP contribution in [0, 0.1) is 19.8 Å². The standard InChI is InChI=1S/C15H20N2O/c1-9(2)7-13-14(15(16)18-17-13)12-6-5-10(3)8-11(12)4/h5-6,8-9H,7,16H2,1-4H3. The van der Waals surface area contributed by atoms with Crippen molar-refractivity contribution in [2.45, 2.75) is 34.1 Å². The van der Waals surface area contributed by atoms with Crippen molar-refractivity contribution in [2.75, 3.05) is 5.73 Å². The summed E-state index contributed by atoms with van der Waals surface area (Å²) >= 11 is 0. The van der Waals surface area contributed by atoms with Crippen LogP contribution in [0.3, 0.4) is 0 Å². The largest absolute Gasteiger partial charge is 0.367 e. The van der Waals surface area contributed by atoms with Gasteiger partial charge in [0, 0.05) is 0 Å². The lowest BCUT2D eigenvalue weighted by molar-refractivity contribution is 0.422. The van der Waals surface area contributed by atoms with Crippen molar-refractivity contribution >= 4 is 5.88 Å². The van der Waals surface area contributed by atoms with Gasteiger partial charge in [0.25, 0.3) is 0 Å². The fourth-order valence-electron chi connectivity index (χ4n) is 2.25. The summed E-state index contributed by atoms with van der Waals surface area (Å²) in [6.07, 6.45) is 0.878. The second-order valence-electron chi connectivity index (χ2n) is 5.28. The Kier molecular flexibility index (Phi) is 3.41. The van der Waals surface area contributed by atoms with Gasteiger partial charge in [0.1, 0.15) is 0 Å². The Morgan fingerprint density at radius 1 is 1.28 bits per heavy atom. The molecule has 0 atom stereocenters. The number of nitrogen functional groups attached to an aromatic ring is 1. The molecule has 96 valence electrons. The van der Waals surface area contributed by atoms with Gasteiger partial charge in [-0.2, -0.15) is 0 Å². The van der Waals surface area contributed by atoms with Gasteiger partial charge in [0.2, 0.25) is 5.88 Å². The van der Waals surface area contributed by atoms with E-state index in [1.165, 1.54) is 11.1 Å². The Balaban J connectivity index is 2.52. The Morgan fingerprint density at radius 3 is 2.61 bits per heavy atom. The molecule has 0 aliphatic heterocycles. The summed E-state index contributed by atoms with van der Waals surface area (Å²) in [5.41, 5.74) is 11.4. The number of nitrogens with zero attached hydrogens (tertiary/aromatic N) is 1. The van der Waals surface area contributed by atoms with Crippen LogP contribution in [0.15, 0.2) is 22.7 Å². The number of hydrogen-bond acceptors (Lipinski definition) is 3. The van der Waals surface area contributed by atoms with Crippen LogP contribution in [0.5, 0.6) is 0 Å². The quantitative estimate of drug-likeness (QED) is 0.894. The molecule has 2 aromatic rings. The fourth-order valence-corrected chi connectivity index (χ4v) is 2.25. The summed E-state index contributed by atoms with van der Waals surface area (Å²) in [6, 6.07) is 6.34. The molecule has 2 N–H and O–H groups in total. The molecule has 1 heterocycles. The molecule has 3 nitrogen and oxygen atoms in total. The molecular formula is C15H20N2O. The van der Waals surface area contributed by atoms with Gasteiger partial charge < -0.3 is 10.3 Å². The monoisotopic (exact) mass is 244 g/mol. The molecule has 0 amide bonds. The van der Waals surface area contributed by atoms with Crippen LogP contribution in [0.2, 0.25) is 0 Å². The number of aromatic nitrogens is 1. The van der Waals surface area contributed by atoms with Gasteiger partial charge >= 0.3 is 0 Å². The highest BCUT2D eigenvalue weighted by atomic mass is 16.5. The van der Waals surface area contributed by atoms with Gasteiger partial charge in [0.15, 0.2) is 0 Å². The zero-order chi connectivity index (χ0) is 13.3. The maximum Gasteiger partial charge on any atom is 0.230 e. The Morgan fingerprint density at radius 2 is 2.00 bits per heavy atom. The topological polar surface area (TPSA) is 52.0 Å². The van der Waals surface area contributed by atoms with Crippen LogP contribution in [0.1, 0.15) is 30.7 Å². The molecule has 0 aliphatic carbocycles. The van der Waals surface area contributed by atoms with Gasteiger partial charge in [-0.1, -0.05) is 42.8 Å². The van der Waals surface area contributed by atoms with E-state index in [1.54, 1.807) is 0 Å². The molecule has 2 rings (SSSR count). The van der Waals surface area contributed by atoms with Gasteiger partial charge in [-0.05, 0) is 37.3 Å². The predicted molar refractivity (Wildman–Crippen MR) is 74.4 cm³/mol. The third-order valence-corrected chi connectivity index (χ3v) is 3.04. The van der Waals surface area contributed by atoms with E-state index in [1.807, 2.05) is 0 Å². The van der Waals surface area contributed by atoms with E-state index in [-0.39, 0.29) is 0 Å². The van der Waals surface area contributed by atoms with Crippen molar-refractivity contribution in [3.8, 4) is 11.1 Å². The van der Waals surface area contributed by atoms with Crippen LogP contribution >= 0.6 is 0 Å². The van der Waals surface area contributed by atoms with Gasteiger partial charge in [-0.25, -0.2) is 0 Å². The molecule has 1 aromatic heterocycles. The van der Waals surface area contributed by atoms with Crippen LogP contribution in [0.25, 0.3) is 11.1 Å². The number of rotatable bonds is 3. The predicted octanol–water partition coefficient (Wildman–Crippen LogP) is 3.74. The van der Waals surface area contributed by atoms with Gasteiger partial charge in [0.05, 0.1) is 11.3 Å². The van der Waals surface area contributed by atoms with Crippen molar-refractivity contribution in [1.29, 1.82) is 0 Å². The maximum absolute atomic E-state index is 5.93. The second kappa shape index (κ2) is 4.84. The molecule has 0 radical (unpaired) electrons. The summed E-state index contributed by atoms with van der Waals surface area (Å²) in [7, 11) is 0. The summed E-state index contributed by atoms with van der Waals surface area (Å²) in [5.74, 6) is 0.941. The molecule has 18 heavy (non-hydrogen) atoms. The van der Waals surface area contributed by atoms with E-state index >= 15 is 0 Å². The molecule has 0 fully saturated rings. The minimum Gasteiger partial charge on any atom is -0.367 e. The Labute approximate surface area is 108 Å². The summed E-state index contributed by atoms with van der Waals surface area (Å²) in [6.45, 7) is 8.50. The third kappa shape index (κ3) is 2.40. The first kappa shape index (κ1) is 12.7. The number of nitrogens with two attached hydrogens (primary N) is 1. The molecule has 0 saturated carbocycles. The SMILES string of the molecule is Cc1ccc(-c2c(CC(C)C)noc2N)c(C)c1. The van der Waals surface area contributed by atoms with Crippen LogP contribution in [0.4, 0.5) is 5.88 Å². The molecule has 0 spiro atoms. The number of anilines is 1. The van der Waals surface area contributed by atoms with E-state index in [9.17, 15) is 0 Å². The number of hydrogen-bond donors (Lipinski definition) is 1. The highest BCUT2D eigenvalue weighted by Gasteiger charge is 2.18. The lowest BCUT2D eigenvalue weighted by atomic mass is 9.95. The zero-order valence-corrected chi connectivity index (χ0v) is 11.4.